The van der Waals surface area contributed by atoms with Crippen molar-refractivity contribution in [2.45, 2.75) is 13.5 Å². The lowest BCUT2D eigenvalue weighted by Gasteiger charge is -2.18. The van der Waals surface area contributed by atoms with Crippen molar-refractivity contribution >= 4 is 36.1 Å². The first kappa shape index (κ1) is 15.5. The Bertz CT molecular complexity index is 664. The van der Waals surface area contributed by atoms with E-state index in [0.717, 1.165) is 15.4 Å². The molecule has 0 aliphatic rings. The average Bonchev–Trinajstić information content (AvgIpc) is 2.48. The Hall–Kier alpha value is -1.85. The van der Waals surface area contributed by atoms with Crippen molar-refractivity contribution in [1.82, 2.24) is 5.32 Å². The minimum absolute atomic E-state index is 0.165. The summed E-state index contributed by atoms with van der Waals surface area (Å²) < 4.78 is 1.03. The number of nitrogens with zero attached hydrogens (tertiary/aromatic N) is 1. The standard InChI is InChI=1S/C15H15ClN2O2S/c1-10-5-2-3-6-11(10)9-17-15(20)18(21)13-8-4-7-12(16)14(13)19/h2-8,19,21H,9H2,1H3,(H,17,20). The average molecular weight is 323 g/mol. The zero-order valence-corrected chi connectivity index (χ0v) is 13.0. The number of carbonyl (C=O) groups excluding carboxylic acids is 1. The molecular weight excluding hydrogens is 308 g/mol. The Morgan fingerprint density at radius 2 is 2.00 bits per heavy atom. The van der Waals surface area contributed by atoms with Gasteiger partial charge in [-0.3, -0.25) is 0 Å². The zero-order valence-electron chi connectivity index (χ0n) is 11.4. The van der Waals surface area contributed by atoms with Gasteiger partial charge in [-0.1, -0.05) is 54.7 Å². The number of thiol groups is 1. The number of hydrogen-bond donors (Lipinski definition) is 3. The molecule has 4 nitrogen and oxygen atoms in total. The van der Waals surface area contributed by atoms with Crippen molar-refractivity contribution in [3.8, 4) is 5.75 Å². The van der Waals surface area contributed by atoms with Gasteiger partial charge in [0.25, 0.3) is 0 Å². The van der Waals surface area contributed by atoms with E-state index in [-0.39, 0.29) is 16.5 Å². The molecular formula is C15H15ClN2O2S. The topological polar surface area (TPSA) is 52.6 Å². The van der Waals surface area contributed by atoms with Crippen molar-refractivity contribution in [3.05, 3.63) is 58.6 Å². The summed E-state index contributed by atoms with van der Waals surface area (Å²) >= 11 is 9.92. The summed E-state index contributed by atoms with van der Waals surface area (Å²) in [6, 6.07) is 12.0. The van der Waals surface area contributed by atoms with E-state index in [9.17, 15) is 9.90 Å². The van der Waals surface area contributed by atoms with Crippen LogP contribution in [0.1, 0.15) is 11.1 Å². The monoisotopic (exact) mass is 322 g/mol. The molecule has 2 amide bonds. The number of halogens is 1. The maximum absolute atomic E-state index is 12.1. The fourth-order valence-electron chi connectivity index (χ4n) is 1.84. The van der Waals surface area contributed by atoms with Gasteiger partial charge < -0.3 is 10.4 Å². The molecule has 0 heterocycles. The van der Waals surface area contributed by atoms with Crippen LogP contribution in [0.4, 0.5) is 10.5 Å². The number of anilines is 1. The van der Waals surface area contributed by atoms with Crippen LogP contribution in [0.3, 0.4) is 0 Å². The lowest BCUT2D eigenvalue weighted by molar-refractivity contribution is 0.249. The molecule has 0 saturated heterocycles. The summed E-state index contributed by atoms with van der Waals surface area (Å²) in [5.74, 6) is -0.180. The Morgan fingerprint density at radius 1 is 1.29 bits per heavy atom. The van der Waals surface area contributed by atoms with Crippen molar-refractivity contribution in [2.24, 2.45) is 0 Å². The summed E-state index contributed by atoms with van der Waals surface area (Å²) in [5.41, 5.74) is 2.34. The van der Waals surface area contributed by atoms with E-state index in [2.05, 4.69) is 18.1 Å². The first-order valence-corrected chi connectivity index (χ1v) is 7.07. The summed E-state index contributed by atoms with van der Waals surface area (Å²) in [5, 5.41) is 12.7. The van der Waals surface area contributed by atoms with Gasteiger partial charge in [0, 0.05) is 6.54 Å². The van der Waals surface area contributed by atoms with E-state index in [4.69, 9.17) is 11.6 Å². The lowest BCUT2D eigenvalue weighted by Crippen LogP contribution is -2.33. The molecule has 0 spiro atoms. The SMILES string of the molecule is Cc1ccccc1CNC(=O)N(S)c1cccc(Cl)c1O. The second kappa shape index (κ2) is 6.74. The highest BCUT2D eigenvalue weighted by Crippen LogP contribution is 2.34. The molecule has 21 heavy (non-hydrogen) atoms. The molecule has 0 aromatic heterocycles. The van der Waals surface area contributed by atoms with Gasteiger partial charge in [-0.15, -0.1) is 0 Å². The molecule has 0 radical (unpaired) electrons. The van der Waals surface area contributed by atoms with E-state index in [0.29, 0.717) is 6.54 Å². The molecule has 0 atom stereocenters. The number of carbonyl (C=O) groups is 1. The van der Waals surface area contributed by atoms with Crippen LogP contribution in [-0.2, 0) is 6.54 Å². The molecule has 110 valence electrons. The van der Waals surface area contributed by atoms with Crippen molar-refractivity contribution in [3.63, 3.8) is 0 Å². The summed E-state index contributed by atoms with van der Waals surface area (Å²) in [7, 11) is 0. The number of hydrogen-bond acceptors (Lipinski definition) is 3. The molecule has 2 rings (SSSR count). The maximum Gasteiger partial charge on any atom is 0.332 e. The van der Waals surface area contributed by atoms with Crippen molar-refractivity contribution in [1.29, 1.82) is 0 Å². The van der Waals surface area contributed by atoms with Gasteiger partial charge in [0.15, 0.2) is 5.75 Å². The third-order valence-electron chi connectivity index (χ3n) is 3.08. The molecule has 2 N–H and O–H groups in total. The number of aromatic hydroxyl groups is 1. The number of nitrogens with one attached hydrogen (secondary N) is 1. The molecule has 0 aliphatic heterocycles. The van der Waals surface area contributed by atoms with E-state index in [1.165, 1.54) is 6.07 Å². The predicted molar refractivity (Wildman–Crippen MR) is 88.0 cm³/mol. The molecule has 0 saturated carbocycles. The van der Waals surface area contributed by atoms with E-state index in [1.807, 2.05) is 31.2 Å². The van der Waals surface area contributed by atoms with Gasteiger partial charge in [-0.05, 0) is 30.2 Å². The van der Waals surface area contributed by atoms with E-state index >= 15 is 0 Å². The van der Waals surface area contributed by atoms with Gasteiger partial charge in [0.2, 0.25) is 0 Å². The quantitative estimate of drug-likeness (QED) is 0.750. The van der Waals surface area contributed by atoms with Gasteiger partial charge in [-0.2, -0.15) is 0 Å². The van der Waals surface area contributed by atoms with Crippen LogP contribution in [0.15, 0.2) is 42.5 Å². The Kier molecular flexibility index (Phi) is 4.98. The lowest BCUT2D eigenvalue weighted by atomic mass is 10.1. The maximum atomic E-state index is 12.1. The second-order valence-corrected chi connectivity index (χ2v) is 5.31. The van der Waals surface area contributed by atoms with Gasteiger partial charge >= 0.3 is 6.03 Å². The van der Waals surface area contributed by atoms with Crippen LogP contribution < -0.4 is 9.62 Å². The third kappa shape index (κ3) is 3.62. The Morgan fingerprint density at radius 3 is 2.71 bits per heavy atom. The number of rotatable bonds is 3. The highest BCUT2D eigenvalue weighted by molar-refractivity contribution is 7.82. The van der Waals surface area contributed by atoms with Gasteiger partial charge in [0.05, 0.1) is 5.02 Å². The number of urea groups is 1. The summed E-state index contributed by atoms with van der Waals surface area (Å²) in [6.07, 6.45) is 0. The molecule has 2 aromatic rings. The fourth-order valence-corrected chi connectivity index (χ4v) is 2.24. The predicted octanol–water partition coefficient (Wildman–Crippen LogP) is 3.92. The first-order valence-electron chi connectivity index (χ1n) is 6.29. The summed E-state index contributed by atoms with van der Waals surface area (Å²) in [6.45, 7) is 2.35. The normalized spacial score (nSPS) is 10.2. The number of benzene rings is 2. The molecule has 0 bridgehead atoms. The number of aryl methyl sites for hydroxylation is 1. The van der Waals surface area contributed by atoms with Crippen molar-refractivity contribution in [2.75, 3.05) is 4.31 Å². The molecule has 0 fully saturated rings. The highest BCUT2D eigenvalue weighted by Gasteiger charge is 2.17. The molecule has 0 unspecified atom stereocenters. The second-order valence-electron chi connectivity index (χ2n) is 4.50. The third-order valence-corrected chi connectivity index (χ3v) is 3.78. The smallest absolute Gasteiger partial charge is 0.332 e. The molecule has 2 aromatic carbocycles. The van der Waals surface area contributed by atoms with Gasteiger partial charge in [-0.25, -0.2) is 9.10 Å². The largest absolute Gasteiger partial charge is 0.504 e. The van der Waals surface area contributed by atoms with Crippen LogP contribution in [0, 0.1) is 6.92 Å². The van der Waals surface area contributed by atoms with Crippen LogP contribution in [0.5, 0.6) is 5.75 Å². The summed E-state index contributed by atoms with van der Waals surface area (Å²) in [4.78, 5) is 12.1. The van der Waals surface area contributed by atoms with E-state index in [1.54, 1.807) is 12.1 Å². The zero-order chi connectivity index (χ0) is 15.4. The molecule has 6 heteroatoms. The first-order chi connectivity index (χ1) is 10.0. The number of phenolic OH excluding ortho intramolecular Hbond substituents is 1. The van der Waals surface area contributed by atoms with Crippen LogP contribution in [0.25, 0.3) is 0 Å². The number of amides is 2. The minimum atomic E-state index is -0.445. The van der Waals surface area contributed by atoms with Crippen molar-refractivity contribution < 1.29 is 9.90 Å². The number of para-hydroxylation sites is 1. The van der Waals surface area contributed by atoms with Crippen LogP contribution >= 0.6 is 24.4 Å². The Balaban J connectivity index is 2.07. The van der Waals surface area contributed by atoms with Crippen LogP contribution in [-0.4, -0.2) is 11.1 Å². The number of phenols is 1. The minimum Gasteiger partial charge on any atom is -0.504 e. The van der Waals surface area contributed by atoms with E-state index < -0.39 is 6.03 Å². The Labute approximate surface area is 133 Å². The molecule has 0 aliphatic carbocycles. The highest BCUT2D eigenvalue weighted by atomic mass is 35.5. The van der Waals surface area contributed by atoms with Crippen LogP contribution in [0.2, 0.25) is 5.02 Å². The van der Waals surface area contributed by atoms with Gasteiger partial charge in [0.1, 0.15) is 5.69 Å². The fraction of sp³-hybridized carbons (Fsp3) is 0.133.